The summed E-state index contributed by atoms with van der Waals surface area (Å²) >= 11 is 0. The molecule has 186 valence electrons. The lowest BCUT2D eigenvalue weighted by atomic mass is 9.33. The van der Waals surface area contributed by atoms with E-state index in [4.69, 9.17) is 0 Å². The van der Waals surface area contributed by atoms with Crippen LogP contribution in [0.3, 0.4) is 0 Å². The van der Waals surface area contributed by atoms with Crippen molar-refractivity contribution in [3.05, 3.63) is 11.3 Å². The molecule has 0 radical (unpaired) electrons. The topological polar surface area (TPSA) is 57.5 Å². The van der Waals surface area contributed by atoms with E-state index in [9.17, 15) is 15.0 Å². The molecule has 4 saturated carbocycles. The van der Waals surface area contributed by atoms with E-state index < -0.39 is 0 Å². The van der Waals surface area contributed by atoms with Crippen LogP contribution in [0.15, 0.2) is 11.3 Å². The predicted molar refractivity (Wildman–Crippen MR) is 133 cm³/mol. The Kier molecular flexibility index (Phi) is 4.84. The molecule has 2 N–H and O–H groups in total. The average molecular weight is 457 g/mol. The number of aliphatic hydroxyl groups is 2. The summed E-state index contributed by atoms with van der Waals surface area (Å²) in [6.45, 7) is 18.7. The zero-order valence-corrected chi connectivity index (χ0v) is 22.5. The Bertz CT molecular complexity index is 914. The maximum absolute atomic E-state index is 14.3. The Morgan fingerprint density at radius 1 is 0.818 bits per heavy atom. The minimum Gasteiger partial charge on any atom is -0.504 e. The number of rotatable bonds is 0. The van der Waals surface area contributed by atoms with Crippen LogP contribution in [0.5, 0.6) is 0 Å². The largest absolute Gasteiger partial charge is 0.504 e. The van der Waals surface area contributed by atoms with Crippen molar-refractivity contribution in [1.82, 2.24) is 0 Å². The molecule has 33 heavy (non-hydrogen) atoms. The summed E-state index contributed by atoms with van der Waals surface area (Å²) < 4.78 is 0. The minimum atomic E-state index is -0.311. The molecule has 0 saturated heterocycles. The normalized spacial score (nSPS) is 52.9. The van der Waals surface area contributed by atoms with Crippen LogP contribution < -0.4 is 0 Å². The van der Waals surface area contributed by atoms with Crippen molar-refractivity contribution >= 4 is 5.78 Å². The molecule has 0 heterocycles. The van der Waals surface area contributed by atoms with Gasteiger partial charge in [-0.1, -0.05) is 55.4 Å². The van der Waals surface area contributed by atoms with Gasteiger partial charge in [-0.3, -0.25) is 4.79 Å². The summed E-state index contributed by atoms with van der Waals surface area (Å²) in [5.41, 5.74) is 0.920. The van der Waals surface area contributed by atoms with Crippen molar-refractivity contribution in [2.45, 2.75) is 119 Å². The zero-order chi connectivity index (χ0) is 24.4. The molecule has 8 unspecified atom stereocenters. The number of fused-ring (bicyclic) bond motifs is 7. The lowest BCUT2D eigenvalue weighted by Gasteiger charge is -2.70. The monoisotopic (exact) mass is 456 g/mol. The van der Waals surface area contributed by atoms with Crippen molar-refractivity contribution in [1.29, 1.82) is 0 Å². The van der Waals surface area contributed by atoms with Gasteiger partial charge in [0.25, 0.3) is 0 Å². The molecule has 5 aliphatic carbocycles. The van der Waals surface area contributed by atoms with Gasteiger partial charge in [0.15, 0.2) is 5.76 Å². The molecule has 8 atom stereocenters. The summed E-state index contributed by atoms with van der Waals surface area (Å²) in [4.78, 5) is 14.3. The predicted octanol–water partition coefficient (Wildman–Crippen LogP) is 7.23. The van der Waals surface area contributed by atoms with Crippen LogP contribution in [0.2, 0.25) is 0 Å². The molecule has 0 aliphatic heterocycles. The zero-order valence-electron chi connectivity index (χ0n) is 22.5. The molecule has 0 spiro atoms. The molecular weight excluding hydrogens is 408 g/mol. The van der Waals surface area contributed by atoms with Gasteiger partial charge >= 0.3 is 0 Å². The van der Waals surface area contributed by atoms with E-state index in [1.54, 1.807) is 0 Å². The van der Waals surface area contributed by atoms with E-state index in [-0.39, 0.29) is 56.1 Å². The van der Waals surface area contributed by atoms with Gasteiger partial charge in [0.2, 0.25) is 5.78 Å². The summed E-state index contributed by atoms with van der Waals surface area (Å²) in [7, 11) is 0. The van der Waals surface area contributed by atoms with Crippen molar-refractivity contribution in [3.63, 3.8) is 0 Å². The number of allylic oxidation sites excluding steroid dienone is 2. The van der Waals surface area contributed by atoms with E-state index in [0.29, 0.717) is 11.8 Å². The van der Waals surface area contributed by atoms with Crippen LogP contribution in [-0.4, -0.2) is 22.1 Å². The Balaban J connectivity index is 1.68. The Hall–Kier alpha value is -0.830. The highest BCUT2D eigenvalue weighted by molar-refractivity contribution is 5.98. The third kappa shape index (κ3) is 2.81. The van der Waals surface area contributed by atoms with E-state index in [1.165, 1.54) is 19.3 Å². The third-order valence-electron chi connectivity index (χ3n) is 12.9. The number of carbonyl (C=O) groups excluding carboxylic acids is 1. The number of carbonyl (C=O) groups is 1. The van der Waals surface area contributed by atoms with Gasteiger partial charge in [-0.25, -0.2) is 0 Å². The molecule has 5 rings (SSSR count). The van der Waals surface area contributed by atoms with Gasteiger partial charge in [-0.15, -0.1) is 0 Å². The average Bonchev–Trinajstić information content (AvgIpc) is 2.70. The standard InChI is InChI=1S/C30H48O3/c1-25(2)13-14-27(5)15-16-29(7)21(18(27)17-25)22(32)23(33)24-28(6)11-10-20(31)26(3,4)19(28)9-12-30(24,29)8/h18-20,24,31-32H,9-17H2,1-8H3. The van der Waals surface area contributed by atoms with Gasteiger partial charge in [0, 0.05) is 5.92 Å². The molecule has 0 amide bonds. The van der Waals surface area contributed by atoms with Crippen LogP contribution in [0.25, 0.3) is 0 Å². The Labute approximate surface area is 201 Å². The fraction of sp³-hybridized carbons (Fsp3) is 0.900. The highest BCUT2D eigenvalue weighted by Crippen LogP contribution is 2.75. The molecule has 5 aliphatic rings. The third-order valence-corrected chi connectivity index (χ3v) is 12.9. The van der Waals surface area contributed by atoms with E-state index in [2.05, 4.69) is 55.4 Å². The summed E-state index contributed by atoms with van der Waals surface area (Å²) in [6.07, 6.45) is 9.17. The molecule has 0 aromatic carbocycles. The van der Waals surface area contributed by atoms with Crippen LogP contribution in [0.1, 0.15) is 113 Å². The highest BCUT2D eigenvalue weighted by Gasteiger charge is 2.71. The van der Waals surface area contributed by atoms with E-state index in [0.717, 1.165) is 44.1 Å². The Morgan fingerprint density at radius 2 is 1.45 bits per heavy atom. The second kappa shape index (κ2) is 6.68. The second-order valence-electron chi connectivity index (χ2n) is 15.4. The first-order valence-corrected chi connectivity index (χ1v) is 13.7. The van der Waals surface area contributed by atoms with Crippen molar-refractivity contribution in [2.75, 3.05) is 0 Å². The second-order valence-corrected chi connectivity index (χ2v) is 15.4. The van der Waals surface area contributed by atoms with Crippen LogP contribution >= 0.6 is 0 Å². The van der Waals surface area contributed by atoms with Gasteiger partial charge in [-0.2, -0.15) is 0 Å². The number of hydrogen-bond donors (Lipinski definition) is 2. The maximum atomic E-state index is 14.3. The van der Waals surface area contributed by atoms with Gasteiger partial charge in [-0.05, 0) is 108 Å². The number of hydrogen-bond acceptors (Lipinski definition) is 3. The number of Topliss-reactive ketones (excluding diaryl/α,β-unsaturated/α-hetero) is 1. The SMILES string of the molecule is CC1(C)CCC2(C)CCC3(C)C(=C(O)C(=O)C4C5(C)CCC(O)C(C)(C)C5CCC43C)C2C1. The molecule has 0 aromatic heterocycles. The number of ketones is 1. The van der Waals surface area contributed by atoms with Gasteiger partial charge < -0.3 is 10.2 Å². The summed E-state index contributed by atoms with van der Waals surface area (Å²) in [5.74, 6) is 0.606. The maximum Gasteiger partial charge on any atom is 0.201 e. The van der Waals surface area contributed by atoms with Crippen molar-refractivity contribution in [3.8, 4) is 0 Å². The lowest BCUT2D eigenvalue weighted by Crippen LogP contribution is -2.67. The molecule has 4 fully saturated rings. The van der Waals surface area contributed by atoms with Crippen LogP contribution in [0.4, 0.5) is 0 Å². The van der Waals surface area contributed by atoms with E-state index in [1.807, 2.05) is 0 Å². The molecule has 3 heteroatoms. The fourth-order valence-corrected chi connectivity index (χ4v) is 10.4. The fourth-order valence-electron chi connectivity index (χ4n) is 10.4. The smallest absolute Gasteiger partial charge is 0.201 e. The summed E-state index contributed by atoms with van der Waals surface area (Å²) in [6, 6.07) is 0. The Morgan fingerprint density at radius 3 is 2.12 bits per heavy atom. The molecule has 0 bridgehead atoms. The van der Waals surface area contributed by atoms with Gasteiger partial charge in [0.1, 0.15) is 0 Å². The van der Waals surface area contributed by atoms with Crippen LogP contribution in [0, 0.1) is 50.2 Å². The molecule has 3 nitrogen and oxygen atoms in total. The molecule has 0 aromatic rings. The highest BCUT2D eigenvalue weighted by atomic mass is 16.3. The van der Waals surface area contributed by atoms with Crippen LogP contribution in [-0.2, 0) is 4.79 Å². The first-order chi connectivity index (χ1) is 15.0. The van der Waals surface area contributed by atoms with E-state index >= 15 is 0 Å². The first-order valence-electron chi connectivity index (χ1n) is 13.7. The number of aliphatic hydroxyl groups excluding tert-OH is 2. The summed E-state index contributed by atoms with van der Waals surface area (Å²) in [5, 5.41) is 22.7. The van der Waals surface area contributed by atoms with Crippen molar-refractivity contribution < 1.29 is 15.0 Å². The minimum absolute atomic E-state index is 0.0250. The van der Waals surface area contributed by atoms with Crippen molar-refractivity contribution in [2.24, 2.45) is 50.2 Å². The van der Waals surface area contributed by atoms with Gasteiger partial charge in [0.05, 0.1) is 6.10 Å². The quantitative estimate of drug-likeness (QED) is 0.404. The first kappa shape index (κ1) is 23.9. The lowest BCUT2D eigenvalue weighted by molar-refractivity contribution is -0.205. The molecular formula is C30H48O3.